The number of ketones is 1. The van der Waals surface area contributed by atoms with Crippen molar-refractivity contribution in [3.8, 4) is 17.6 Å². The summed E-state index contributed by atoms with van der Waals surface area (Å²) in [6.07, 6.45) is -0.907. The lowest BCUT2D eigenvalue weighted by Crippen LogP contribution is -2.17. The van der Waals surface area contributed by atoms with Crippen molar-refractivity contribution in [2.24, 2.45) is 0 Å². The van der Waals surface area contributed by atoms with Crippen LogP contribution in [0.1, 0.15) is 47.1 Å². The van der Waals surface area contributed by atoms with Crippen LogP contribution in [0.15, 0.2) is 42.5 Å². The standard InChI is InChI=1S/C21H21NO5/c1-4-25-18-11-10-15(12-19(18)26-5-2)20(23)16-8-6-7-9-17(16)21(24)27-14(3)13-22/h6-12,14H,4-5H2,1-3H3/t14-/m1/s1. The molecule has 0 unspecified atom stereocenters. The summed E-state index contributed by atoms with van der Waals surface area (Å²) in [7, 11) is 0. The van der Waals surface area contributed by atoms with Gasteiger partial charge in [0.05, 0.1) is 18.8 Å². The smallest absolute Gasteiger partial charge is 0.340 e. The molecule has 0 radical (unpaired) electrons. The Morgan fingerprint density at radius 2 is 1.63 bits per heavy atom. The lowest BCUT2D eigenvalue weighted by atomic mass is 9.98. The summed E-state index contributed by atoms with van der Waals surface area (Å²) >= 11 is 0. The Morgan fingerprint density at radius 3 is 2.26 bits per heavy atom. The third-order valence-electron chi connectivity index (χ3n) is 3.66. The van der Waals surface area contributed by atoms with Gasteiger partial charge in [0.25, 0.3) is 0 Å². The summed E-state index contributed by atoms with van der Waals surface area (Å²) < 4.78 is 16.1. The highest BCUT2D eigenvalue weighted by Gasteiger charge is 2.21. The van der Waals surface area contributed by atoms with Gasteiger partial charge in [-0.2, -0.15) is 5.26 Å². The molecule has 0 aliphatic rings. The van der Waals surface area contributed by atoms with Crippen LogP contribution in [0.25, 0.3) is 0 Å². The van der Waals surface area contributed by atoms with E-state index in [9.17, 15) is 9.59 Å². The maximum Gasteiger partial charge on any atom is 0.340 e. The minimum Gasteiger partial charge on any atom is -0.490 e. The SMILES string of the molecule is CCOc1ccc(C(=O)c2ccccc2C(=O)O[C@H](C)C#N)cc1OCC. The molecular formula is C21H21NO5. The van der Waals surface area contributed by atoms with Crippen LogP contribution in [0.4, 0.5) is 0 Å². The molecule has 27 heavy (non-hydrogen) atoms. The van der Waals surface area contributed by atoms with Gasteiger partial charge in [-0.15, -0.1) is 0 Å². The Kier molecular flexibility index (Phi) is 6.95. The number of benzene rings is 2. The molecule has 2 aromatic rings. The Labute approximate surface area is 158 Å². The van der Waals surface area contributed by atoms with Gasteiger partial charge >= 0.3 is 5.97 Å². The molecule has 2 rings (SSSR count). The van der Waals surface area contributed by atoms with Crippen molar-refractivity contribution in [3.05, 3.63) is 59.2 Å². The summed E-state index contributed by atoms with van der Waals surface area (Å²) in [6.45, 7) is 6.06. The van der Waals surface area contributed by atoms with Crippen LogP contribution in [-0.4, -0.2) is 31.1 Å². The fourth-order valence-electron chi connectivity index (χ4n) is 2.46. The number of carbonyl (C=O) groups excluding carboxylic acids is 2. The number of rotatable bonds is 8. The molecule has 6 heteroatoms. The van der Waals surface area contributed by atoms with Crippen LogP contribution in [-0.2, 0) is 4.74 Å². The molecule has 0 amide bonds. The Hall–Kier alpha value is -3.33. The quantitative estimate of drug-likeness (QED) is 0.521. The largest absolute Gasteiger partial charge is 0.490 e. The van der Waals surface area contributed by atoms with Gasteiger partial charge < -0.3 is 14.2 Å². The van der Waals surface area contributed by atoms with Crippen LogP contribution in [0.5, 0.6) is 11.5 Å². The van der Waals surface area contributed by atoms with Crippen molar-refractivity contribution >= 4 is 11.8 Å². The number of ether oxygens (including phenoxy) is 3. The van der Waals surface area contributed by atoms with E-state index in [0.29, 0.717) is 30.3 Å². The van der Waals surface area contributed by atoms with E-state index in [-0.39, 0.29) is 16.9 Å². The highest BCUT2D eigenvalue weighted by atomic mass is 16.5. The normalized spacial score (nSPS) is 11.2. The third kappa shape index (κ3) is 4.85. The Morgan fingerprint density at radius 1 is 1.00 bits per heavy atom. The van der Waals surface area contributed by atoms with Gasteiger partial charge in [-0.25, -0.2) is 4.79 Å². The van der Waals surface area contributed by atoms with Crippen LogP contribution in [0.3, 0.4) is 0 Å². The van der Waals surface area contributed by atoms with Crippen molar-refractivity contribution in [1.29, 1.82) is 5.26 Å². The van der Waals surface area contributed by atoms with Gasteiger partial charge in [0.15, 0.2) is 23.4 Å². The first-order valence-corrected chi connectivity index (χ1v) is 8.65. The number of nitriles is 1. The van der Waals surface area contributed by atoms with Crippen molar-refractivity contribution in [1.82, 2.24) is 0 Å². The Bertz CT molecular complexity index is 869. The van der Waals surface area contributed by atoms with Crippen LogP contribution < -0.4 is 9.47 Å². The summed E-state index contributed by atoms with van der Waals surface area (Å²) in [4.78, 5) is 25.3. The van der Waals surface area contributed by atoms with E-state index in [2.05, 4.69) is 0 Å². The molecule has 0 aliphatic carbocycles. The zero-order valence-corrected chi connectivity index (χ0v) is 15.5. The molecule has 0 fully saturated rings. The molecule has 6 nitrogen and oxygen atoms in total. The molecule has 0 saturated heterocycles. The van der Waals surface area contributed by atoms with Gasteiger partial charge in [0, 0.05) is 11.1 Å². The molecule has 2 aromatic carbocycles. The van der Waals surface area contributed by atoms with Crippen LogP contribution >= 0.6 is 0 Å². The first-order chi connectivity index (χ1) is 13.0. The van der Waals surface area contributed by atoms with Crippen molar-refractivity contribution in [2.45, 2.75) is 26.9 Å². The van der Waals surface area contributed by atoms with E-state index < -0.39 is 12.1 Å². The second-order valence-corrected chi connectivity index (χ2v) is 5.58. The summed E-state index contributed by atoms with van der Waals surface area (Å²) in [5.74, 6) is -0.0602. The molecule has 140 valence electrons. The number of hydrogen-bond donors (Lipinski definition) is 0. The second kappa shape index (κ2) is 9.39. The lowest BCUT2D eigenvalue weighted by molar-refractivity contribution is 0.0433. The molecule has 0 spiro atoms. The predicted molar refractivity (Wildman–Crippen MR) is 99.1 cm³/mol. The molecule has 0 aliphatic heterocycles. The number of carbonyl (C=O) groups is 2. The summed E-state index contributed by atoms with van der Waals surface area (Å²) in [5.41, 5.74) is 0.658. The van der Waals surface area contributed by atoms with Crippen LogP contribution in [0, 0.1) is 11.3 Å². The summed E-state index contributed by atoms with van der Waals surface area (Å²) in [5, 5.41) is 8.82. The monoisotopic (exact) mass is 367 g/mol. The van der Waals surface area contributed by atoms with Crippen molar-refractivity contribution in [2.75, 3.05) is 13.2 Å². The van der Waals surface area contributed by atoms with Crippen molar-refractivity contribution in [3.63, 3.8) is 0 Å². The van der Waals surface area contributed by atoms with Gasteiger partial charge in [-0.3, -0.25) is 4.79 Å². The molecule has 0 heterocycles. The van der Waals surface area contributed by atoms with Gasteiger partial charge in [0.2, 0.25) is 0 Å². The van der Waals surface area contributed by atoms with E-state index in [1.807, 2.05) is 19.9 Å². The third-order valence-corrected chi connectivity index (χ3v) is 3.66. The van der Waals surface area contributed by atoms with Gasteiger partial charge in [0.1, 0.15) is 6.07 Å². The van der Waals surface area contributed by atoms with E-state index >= 15 is 0 Å². The van der Waals surface area contributed by atoms with Crippen molar-refractivity contribution < 1.29 is 23.8 Å². The number of nitrogens with zero attached hydrogens (tertiary/aromatic N) is 1. The van der Waals surface area contributed by atoms with E-state index in [4.69, 9.17) is 19.5 Å². The van der Waals surface area contributed by atoms with E-state index in [1.54, 1.807) is 36.4 Å². The molecule has 1 atom stereocenters. The highest BCUT2D eigenvalue weighted by molar-refractivity contribution is 6.14. The first-order valence-electron chi connectivity index (χ1n) is 8.65. The average Bonchev–Trinajstić information content (AvgIpc) is 2.69. The van der Waals surface area contributed by atoms with E-state index in [0.717, 1.165) is 0 Å². The first kappa shape index (κ1) is 20.0. The Balaban J connectivity index is 2.39. The maximum atomic E-state index is 13.0. The second-order valence-electron chi connectivity index (χ2n) is 5.58. The van der Waals surface area contributed by atoms with Gasteiger partial charge in [-0.1, -0.05) is 18.2 Å². The summed E-state index contributed by atoms with van der Waals surface area (Å²) in [6, 6.07) is 13.1. The predicted octanol–water partition coefficient (Wildman–Crippen LogP) is 3.78. The lowest BCUT2D eigenvalue weighted by Gasteiger charge is -2.13. The van der Waals surface area contributed by atoms with E-state index in [1.165, 1.54) is 13.0 Å². The molecule has 0 saturated carbocycles. The molecule has 0 N–H and O–H groups in total. The highest BCUT2D eigenvalue weighted by Crippen LogP contribution is 2.30. The fraction of sp³-hybridized carbons (Fsp3) is 0.286. The number of esters is 1. The zero-order valence-electron chi connectivity index (χ0n) is 15.5. The topological polar surface area (TPSA) is 85.6 Å². The molecule has 0 aromatic heterocycles. The molecule has 0 bridgehead atoms. The molecular weight excluding hydrogens is 346 g/mol. The average molecular weight is 367 g/mol. The van der Waals surface area contributed by atoms with Gasteiger partial charge in [-0.05, 0) is 45.0 Å². The minimum absolute atomic E-state index is 0.108. The minimum atomic E-state index is -0.907. The van der Waals surface area contributed by atoms with Crippen LogP contribution in [0.2, 0.25) is 0 Å². The maximum absolute atomic E-state index is 13.0. The fourth-order valence-corrected chi connectivity index (χ4v) is 2.46. The zero-order chi connectivity index (χ0) is 19.8. The number of hydrogen-bond acceptors (Lipinski definition) is 6.